The number of thiophene rings is 1. The van der Waals surface area contributed by atoms with Crippen LogP contribution < -0.4 is 5.32 Å². The van der Waals surface area contributed by atoms with Gasteiger partial charge >= 0.3 is 0 Å². The maximum Gasteiger partial charge on any atom is 0.0724 e. The molecule has 1 unspecified atom stereocenters. The van der Waals surface area contributed by atoms with E-state index in [0.29, 0.717) is 15.1 Å². The Morgan fingerprint density at radius 3 is 2.35 bits per heavy atom. The number of halogens is 3. The number of benzene rings is 1. The molecule has 90 valence electrons. The molecule has 0 aliphatic heterocycles. The van der Waals surface area contributed by atoms with Crippen molar-refractivity contribution < 1.29 is 0 Å². The number of rotatable bonds is 3. The average Bonchev–Trinajstić information content (AvgIpc) is 2.76. The predicted molar refractivity (Wildman–Crippen MR) is 77.8 cm³/mol. The van der Waals surface area contributed by atoms with Gasteiger partial charge in [0.05, 0.1) is 15.7 Å². The summed E-state index contributed by atoms with van der Waals surface area (Å²) >= 11 is 19.7. The second kappa shape index (κ2) is 5.49. The molecule has 0 fully saturated rings. The molecule has 1 N–H and O–H groups in total. The highest BCUT2D eigenvalue weighted by Gasteiger charge is 2.12. The summed E-state index contributed by atoms with van der Waals surface area (Å²) in [7, 11) is 0. The largest absolute Gasteiger partial charge is 0.376 e. The Hall–Kier alpha value is -0.410. The maximum atomic E-state index is 6.11. The zero-order valence-corrected chi connectivity index (χ0v) is 12.1. The van der Waals surface area contributed by atoms with Crippen LogP contribution in [0.2, 0.25) is 15.1 Å². The minimum absolute atomic E-state index is 0.150. The van der Waals surface area contributed by atoms with Gasteiger partial charge in [-0.15, -0.1) is 0 Å². The van der Waals surface area contributed by atoms with E-state index in [0.717, 1.165) is 5.69 Å². The van der Waals surface area contributed by atoms with Crippen LogP contribution in [0.5, 0.6) is 0 Å². The number of anilines is 1. The second-order valence-electron chi connectivity index (χ2n) is 3.67. The van der Waals surface area contributed by atoms with Crippen LogP contribution in [0.4, 0.5) is 5.69 Å². The second-order valence-corrected chi connectivity index (χ2v) is 5.70. The van der Waals surface area contributed by atoms with Crippen LogP contribution in [-0.4, -0.2) is 0 Å². The van der Waals surface area contributed by atoms with Gasteiger partial charge in [-0.2, -0.15) is 11.3 Å². The minimum Gasteiger partial charge on any atom is -0.376 e. The molecule has 17 heavy (non-hydrogen) atoms. The van der Waals surface area contributed by atoms with Crippen molar-refractivity contribution >= 4 is 51.8 Å². The summed E-state index contributed by atoms with van der Waals surface area (Å²) < 4.78 is 0. The average molecular weight is 307 g/mol. The Labute approximate surface area is 119 Å². The molecule has 0 aliphatic carbocycles. The molecule has 1 aromatic carbocycles. The third-order valence-electron chi connectivity index (χ3n) is 2.41. The zero-order chi connectivity index (χ0) is 12.4. The van der Waals surface area contributed by atoms with Crippen molar-refractivity contribution in [1.82, 2.24) is 0 Å². The molecule has 2 aromatic rings. The summed E-state index contributed by atoms with van der Waals surface area (Å²) in [6, 6.07) is 5.58. The van der Waals surface area contributed by atoms with Crippen LogP contribution in [0.3, 0.4) is 0 Å². The van der Waals surface area contributed by atoms with Gasteiger partial charge in [0, 0.05) is 11.1 Å². The van der Waals surface area contributed by atoms with Gasteiger partial charge in [-0.1, -0.05) is 34.8 Å². The normalized spacial score (nSPS) is 12.5. The van der Waals surface area contributed by atoms with E-state index < -0.39 is 0 Å². The lowest BCUT2D eigenvalue weighted by molar-refractivity contribution is 0.891. The van der Waals surface area contributed by atoms with E-state index in [9.17, 15) is 0 Å². The highest BCUT2D eigenvalue weighted by atomic mass is 35.5. The number of hydrogen-bond acceptors (Lipinski definition) is 2. The van der Waals surface area contributed by atoms with Crippen molar-refractivity contribution in [2.75, 3.05) is 5.32 Å². The van der Waals surface area contributed by atoms with Gasteiger partial charge in [-0.05, 0) is 41.4 Å². The van der Waals surface area contributed by atoms with E-state index >= 15 is 0 Å². The topological polar surface area (TPSA) is 12.0 Å². The van der Waals surface area contributed by atoms with E-state index in [1.54, 1.807) is 23.5 Å². The lowest BCUT2D eigenvalue weighted by atomic mass is 10.1. The third kappa shape index (κ3) is 3.08. The Morgan fingerprint density at radius 1 is 1.18 bits per heavy atom. The Morgan fingerprint density at radius 2 is 1.82 bits per heavy atom. The lowest BCUT2D eigenvalue weighted by Gasteiger charge is -2.16. The highest BCUT2D eigenvalue weighted by Crippen LogP contribution is 2.36. The molecular weight excluding hydrogens is 297 g/mol. The molecule has 0 saturated heterocycles. The van der Waals surface area contributed by atoms with E-state index in [-0.39, 0.29) is 6.04 Å². The van der Waals surface area contributed by atoms with E-state index in [1.807, 2.05) is 5.38 Å². The Kier molecular flexibility index (Phi) is 4.21. The van der Waals surface area contributed by atoms with Crippen LogP contribution in [0.25, 0.3) is 0 Å². The SMILES string of the molecule is CC(Nc1c(Cl)cc(Cl)cc1Cl)c1ccsc1. The molecule has 0 amide bonds. The molecule has 0 spiro atoms. The van der Waals surface area contributed by atoms with Gasteiger partial charge in [-0.3, -0.25) is 0 Å². The molecule has 0 aliphatic rings. The highest BCUT2D eigenvalue weighted by molar-refractivity contribution is 7.08. The first-order chi connectivity index (χ1) is 8.08. The van der Waals surface area contributed by atoms with Crippen molar-refractivity contribution in [3.63, 3.8) is 0 Å². The molecule has 2 rings (SSSR count). The van der Waals surface area contributed by atoms with Gasteiger partial charge in [-0.25, -0.2) is 0 Å². The van der Waals surface area contributed by atoms with E-state index in [4.69, 9.17) is 34.8 Å². The quantitative estimate of drug-likeness (QED) is 0.746. The van der Waals surface area contributed by atoms with Crippen molar-refractivity contribution in [1.29, 1.82) is 0 Å². The smallest absolute Gasteiger partial charge is 0.0724 e. The Balaban J connectivity index is 2.25. The summed E-state index contributed by atoms with van der Waals surface area (Å²) in [4.78, 5) is 0. The van der Waals surface area contributed by atoms with Crippen molar-refractivity contribution in [3.05, 3.63) is 49.6 Å². The van der Waals surface area contributed by atoms with Crippen LogP contribution in [0.1, 0.15) is 18.5 Å². The fraction of sp³-hybridized carbons (Fsp3) is 0.167. The van der Waals surface area contributed by atoms with Gasteiger partial charge in [0.25, 0.3) is 0 Å². The van der Waals surface area contributed by atoms with Crippen molar-refractivity contribution in [2.24, 2.45) is 0 Å². The van der Waals surface area contributed by atoms with Gasteiger partial charge in [0.15, 0.2) is 0 Å². The summed E-state index contributed by atoms with van der Waals surface area (Å²) in [6.45, 7) is 2.06. The molecule has 1 aromatic heterocycles. The molecule has 0 saturated carbocycles. The predicted octanol–water partition coefficient (Wildman–Crippen LogP) is 5.88. The zero-order valence-electron chi connectivity index (χ0n) is 9.01. The number of nitrogens with one attached hydrogen (secondary N) is 1. The van der Waals surface area contributed by atoms with Crippen LogP contribution in [-0.2, 0) is 0 Å². The summed E-state index contributed by atoms with van der Waals surface area (Å²) in [5.41, 5.74) is 1.92. The molecule has 1 nitrogen and oxygen atoms in total. The van der Waals surface area contributed by atoms with E-state index in [2.05, 4.69) is 23.7 Å². The fourth-order valence-electron chi connectivity index (χ4n) is 1.50. The van der Waals surface area contributed by atoms with Crippen LogP contribution >= 0.6 is 46.1 Å². The molecule has 5 heteroatoms. The summed E-state index contributed by atoms with van der Waals surface area (Å²) in [5.74, 6) is 0. The molecule has 0 bridgehead atoms. The van der Waals surface area contributed by atoms with Crippen LogP contribution in [0.15, 0.2) is 29.0 Å². The van der Waals surface area contributed by atoms with Crippen LogP contribution in [0, 0.1) is 0 Å². The standard InChI is InChI=1S/C12H10Cl3NS/c1-7(8-2-3-17-6-8)16-12-10(14)4-9(13)5-11(12)15/h2-7,16H,1H3. The molecule has 0 radical (unpaired) electrons. The Bertz CT molecular complexity index is 487. The number of hydrogen-bond donors (Lipinski definition) is 1. The molecule has 1 heterocycles. The first-order valence-electron chi connectivity index (χ1n) is 5.01. The van der Waals surface area contributed by atoms with Gasteiger partial charge in [0.1, 0.15) is 0 Å². The first kappa shape index (κ1) is 13.0. The van der Waals surface area contributed by atoms with Gasteiger partial charge < -0.3 is 5.32 Å². The third-order valence-corrected chi connectivity index (χ3v) is 3.93. The molecule has 1 atom stereocenters. The summed E-state index contributed by atoms with van der Waals surface area (Å²) in [6.07, 6.45) is 0. The lowest BCUT2D eigenvalue weighted by Crippen LogP contribution is -2.06. The summed E-state index contributed by atoms with van der Waals surface area (Å²) in [5, 5.41) is 9.03. The first-order valence-corrected chi connectivity index (χ1v) is 7.09. The minimum atomic E-state index is 0.150. The van der Waals surface area contributed by atoms with Crippen molar-refractivity contribution in [2.45, 2.75) is 13.0 Å². The van der Waals surface area contributed by atoms with Gasteiger partial charge in [0.2, 0.25) is 0 Å². The fourth-order valence-corrected chi connectivity index (χ4v) is 3.18. The molecular formula is C12H10Cl3NS. The maximum absolute atomic E-state index is 6.11. The monoisotopic (exact) mass is 305 g/mol. The van der Waals surface area contributed by atoms with Crippen molar-refractivity contribution in [3.8, 4) is 0 Å². The van der Waals surface area contributed by atoms with E-state index in [1.165, 1.54) is 5.56 Å².